The molecule has 6 nitrogen and oxygen atoms in total. The Hall–Kier alpha value is -0.870. The number of amides is 1. The predicted octanol–water partition coefficient (Wildman–Crippen LogP) is -0.0148. The van der Waals surface area contributed by atoms with Crippen LogP contribution in [0.15, 0.2) is 0 Å². The number of alkyl halides is 3. The van der Waals surface area contributed by atoms with Crippen molar-refractivity contribution in [1.29, 1.82) is 0 Å². The van der Waals surface area contributed by atoms with Crippen molar-refractivity contribution in [2.75, 3.05) is 26.2 Å². The highest BCUT2D eigenvalue weighted by Gasteiger charge is 2.43. The van der Waals surface area contributed by atoms with Crippen molar-refractivity contribution in [3.63, 3.8) is 0 Å². The van der Waals surface area contributed by atoms with Crippen LogP contribution < -0.4 is 10.0 Å². The maximum Gasteiger partial charge on any atom is 0.402 e. The van der Waals surface area contributed by atoms with E-state index in [1.54, 1.807) is 4.72 Å². The Bertz CT molecular complexity index is 484. The summed E-state index contributed by atoms with van der Waals surface area (Å²) in [5, 5.41) is 2.71. The maximum atomic E-state index is 12.0. The van der Waals surface area contributed by atoms with Crippen molar-refractivity contribution < 1.29 is 26.4 Å². The first-order valence-electron chi connectivity index (χ1n) is 6.20. The van der Waals surface area contributed by atoms with Crippen molar-refractivity contribution >= 4 is 16.1 Å². The second-order valence-corrected chi connectivity index (χ2v) is 7.05. The number of carbonyl (C=O) groups is 1. The van der Waals surface area contributed by atoms with Crippen LogP contribution >= 0.6 is 0 Å². The summed E-state index contributed by atoms with van der Waals surface area (Å²) in [6.45, 7) is -0.809. The molecular weight excluding hydrogens is 299 g/mol. The molecule has 0 radical (unpaired) electrons. The molecular formula is C10H16F3N3O3S. The molecule has 20 heavy (non-hydrogen) atoms. The number of rotatable bonds is 3. The minimum absolute atomic E-state index is 0.0588. The largest absolute Gasteiger partial charge is 0.402 e. The average molecular weight is 315 g/mol. The molecule has 1 amide bonds. The Morgan fingerprint density at radius 1 is 1.30 bits per heavy atom. The average Bonchev–Trinajstić information content (AvgIpc) is 2.68. The minimum atomic E-state index is -4.58. The number of nitrogens with one attached hydrogen (secondary N) is 2. The van der Waals surface area contributed by atoms with E-state index < -0.39 is 22.9 Å². The van der Waals surface area contributed by atoms with Gasteiger partial charge in [0.2, 0.25) is 5.91 Å². The van der Waals surface area contributed by atoms with Gasteiger partial charge in [0.15, 0.2) is 0 Å². The van der Waals surface area contributed by atoms with Crippen molar-refractivity contribution in [3.8, 4) is 0 Å². The summed E-state index contributed by atoms with van der Waals surface area (Å²) in [5.74, 6) is -0.0588. The van der Waals surface area contributed by atoms with E-state index in [2.05, 4.69) is 5.32 Å². The van der Waals surface area contributed by atoms with Crippen molar-refractivity contribution in [1.82, 2.24) is 14.3 Å². The molecule has 0 aromatic rings. The first-order chi connectivity index (χ1) is 9.12. The number of hydrogen-bond acceptors (Lipinski definition) is 3. The molecule has 0 saturated carbocycles. The highest BCUT2D eigenvalue weighted by molar-refractivity contribution is 7.87. The quantitative estimate of drug-likeness (QED) is 0.768. The third-order valence-corrected chi connectivity index (χ3v) is 5.33. The lowest BCUT2D eigenvalue weighted by Gasteiger charge is -2.37. The van der Waals surface area contributed by atoms with Crippen LogP contribution in [0.2, 0.25) is 0 Å². The zero-order chi connectivity index (χ0) is 15.0. The van der Waals surface area contributed by atoms with Gasteiger partial charge in [0.05, 0.1) is 0 Å². The first-order valence-corrected chi connectivity index (χ1v) is 7.64. The summed E-state index contributed by atoms with van der Waals surface area (Å²) in [7, 11) is -4.12. The number of hydrogen-bond donors (Lipinski definition) is 2. The summed E-state index contributed by atoms with van der Waals surface area (Å²) in [6.07, 6.45) is -3.28. The smallest absolute Gasteiger partial charge is 0.356 e. The van der Waals surface area contributed by atoms with Crippen molar-refractivity contribution in [3.05, 3.63) is 0 Å². The number of piperidine rings is 1. The van der Waals surface area contributed by atoms with Gasteiger partial charge in [-0.05, 0) is 18.3 Å². The van der Waals surface area contributed by atoms with Gasteiger partial charge in [-0.3, -0.25) is 4.79 Å². The van der Waals surface area contributed by atoms with Gasteiger partial charge in [0.1, 0.15) is 6.54 Å². The highest BCUT2D eigenvalue weighted by Crippen LogP contribution is 2.37. The Labute approximate surface area is 114 Å². The molecule has 1 spiro atoms. The first kappa shape index (κ1) is 15.5. The monoisotopic (exact) mass is 315 g/mol. The number of nitrogens with zero attached hydrogens (tertiary/aromatic N) is 1. The molecule has 0 unspecified atom stereocenters. The molecule has 10 heteroatoms. The van der Waals surface area contributed by atoms with Gasteiger partial charge < -0.3 is 5.32 Å². The Kier molecular flexibility index (Phi) is 4.00. The number of halogens is 3. The van der Waals surface area contributed by atoms with Gasteiger partial charge in [-0.15, -0.1) is 0 Å². The second kappa shape index (κ2) is 5.15. The topological polar surface area (TPSA) is 78.5 Å². The predicted molar refractivity (Wildman–Crippen MR) is 63.8 cm³/mol. The van der Waals surface area contributed by atoms with Gasteiger partial charge in [0.25, 0.3) is 10.2 Å². The fourth-order valence-corrected chi connectivity index (χ4v) is 3.76. The maximum absolute atomic E-state index is 12.0. The normalized spacial score (nSPS) is 24.1. The molecule has 0 aromatic carbocycles. The van der Waals surface area contributed by atoms with Gasteiger partial charge in [0, 0.05) is 26.1 Å². The van der Waals surface area contributed by atoms with E-state index in [1.165, 1.54) is 0 Å². The Morgan fingerprint density at radius 3 is 2.35 bits per heavy atom. The molecule has 2 N–H and O–H groups in total. The van der Waals surface area contributed by atoms with Crippen LogP contribution in [-0.2, 0) is 15.0 Å². The highest BCUT2D eigenvalue weighted by atomic mass is 32.2. The number of carbonyl (C=O) groups excluding carboxylic acids is 1. The van der Waals surface area contributed by atoms with Crippen LogP contribution in [-0.4, -0.2) is 51.0 Å². The molecule has 116 valence electrons. The van der Waals surface area contributed by atoms with Gasteiger partial charge in [-0.1, -0.05) is 0 Å². The summed E-state index contributed by atoms with van der Waals surface area (Å²) < 4.78 is 62.2. The summed E-state index contributed by atoms with van der Waals surface area (Å²) in [5.41, 5.74) is -0.243. The molecule has 0 aromatic heterocycles. The molecule has 2 fully saturated rings. The van der Waals surface area contributed by atoms with Crippen LogP contribution in [0.25, 0.3) is 0 Å². The zero-order valence-corrected chi connectivity index (χ0v) is 11.5. The molecule has 0 atom stereocenters. The molecule has 2 aliphatic rings. The van der Waals surface area contributed by atoms with E-state index in [0.717, 1.165) is 4.31 Å². The van der Waals surface area contributed by atoms with Gasteiger partial charge in [-0.25, -0.2) is 0 Å². The van der Waals surface area contributed by atoms with Gasteiger partial charge >= 0.3 is 6.18 Å². The van der Waals surface area contributed by atoms with E-state index >= 15 is 0 Å². The molecule has 2 rings (SSSR count). The van der Waals surface area contributed by atoms with Crippen LogP contribution in [0, 0.1) is 5.41 Å². The molecule has 2 heterocycles. The third kappa shape index (κ3) is 3.61. The summed E-state index contributed by atoms with van der Waals surface area (Å²) >= 11 is 0. The molecule has 2 saturated heterocycles. The van der Waals surface area contributed by atoms with Crippen molar-refractivity contribution in [2.24, 2.45) is 5.41 Å². The van der Waals surface area contributed by atoms with E-state index in [4.69, 9.17) is 0 Å². The van der Waals surface area contributed by atoms with E-state index in [0.29, 0.717) is 25.8 Å². The minimum Gasteiger partial charge on any atom is -0.356 e. The van der Waals surface area contributed by atoms with Crippen LogP contribution in [0.4, 0.5) is 13.2 Å². The lowest BCUT2D eigenvalue weighted by atomic mass is 9.78. The van der Waals surface area contributed by atoms with Crippen LogP contribution in [0.3, 0.4) is 0 Å². The second-order valence-electron chi connectivity index (χ2n) is 5.29. The van der Waals surface area contributed by atoms with Crippen LogP contribution in [0.1, 0.15) is 19.3 Å². The summed E-state index contributed by atoms with van der Waals surface area (Å²) in [6, 6.07) is 0. The standard InChI is InChI=1S/C10H16F3N3O3S/c11-10(12,13)7-15-20(18,19)16-3-1-9(2-4-16)5-8(17)14-6-9/h15H,1-7H2,(H,14,17). The third-order valence-electron chi connectivity index (χ3n) is 3.77. The SMILES string of the molecule is O=C1CC2(CCN(S(=O)(=O)NCC(F)(F)F)CC2)CN1. The van der Waals surface area contributed by atoms with Gasteiger partial charge in [-0.2, -0.15) is 30.6 Å². The lowest BCUT2D eigenvalue weighted by molar-refractivity contribution is -0.122. The van der Waals surface area contributed by atoms with E-state index in [-0.39, 0.29) is 24.4 Å². The fraction of sp³-hybridized carbons (Fsp3) is 0.900. The molecule has 0 aliphatic carbocycles. The summed E-state index contributed by atoms with van der Waals surface area (Å²) in [4.78, 5) is 11.2. The Balaban J connectivity index is 1.91. The molecule has 0 bridgehead atoms. The molecule has 2 aliphatic heterocycles. The zero-order valence-electron chi connectivity index (χ0n) is 10.7. The Morgan fingerprint density at radius 2 is 1.90 bits per heavy atom. The van der Waals surface area contributed by atoms with E-state index in [1.807, 2.05) is 0 Å². The van der Waals surface area contributed by atoms with Crippen molar-refractivity contribution in [2.45, 2.75) is 25.4 Å². The lowest BCUT2D eigenvalue weighted by Crippen LogP contribution is -2.49. The fourth-order valence-electron chi connectivity index (χ4n) is 2.57. The van der Waals surface area contributed by atoms with E-state index in [9.17, 15) is 26.4 Å². The van der Waals surface area contributed by atoms with Crippen LogP contribution in [0.5, 0.6) is 0 Å².